The van der Waals surface area contributed by atoms with E-state index in [4.69, 9.17) is 0 Å². The molecule has 0 bridgehead atoms. The van der Waals surface area contributed by atoms with Crippen LogP contribution in [0.25, 0.3) is 0 Å². The van der Waals surface area contributed by atoms with Gasteiger partial charge in [0, 0.05) is 18.8 Å². The number of nitrogens with zero attached hydrogens (tertiary/aromatic N) is 3. The van der Waals surface area contributed by atoms with Crippen molar-refractivity contribution in [2.24, 2.45) is 7.05 Å². The number of rotatable bonds is 2. The van der Waals surface area contributed by atoms with E-state index in [9.17, 15) is 9.59 Å². The quantitative estimate of drug-likeness (QED) is 0.905. The topological polar surface area (TPSA) is 68.9 Å². The maximum absolute atomic E-state index is 12.2. The molecule has 2 heterocycles. The highest BCUT2D eigenvalue weighted by Crippen LogP contribution is 2.19. The summed E-state index contributed by atoms with van der Waals surface area (Å²) in [6.07, 6.45) is 0. The van der Waals surface area contributed by atoms with Crippen LogP contribution in [0.3, 0.4) is 0 Å². The molecule has 7 heteroatoms. The zero-order valence-electron chi connectivity index (χ0n) is 11.7. The second-order valence-corrected chi connectivity index (χ2v) is 5.45. The van der Waals surface area contributed by atoms with Crippen molar-refractivity contribution in [2.45, 2.75) is 20.8 Å². The van der Waals surface area contributed by atoms with Crippen LogP contribution in [-0.2, 0) is 7.05 Å². The Bertz CT molecular complexity index is 746. The Morgan fingerprint density at radius 3 is 2.45 bits per heavy atom. The lowest BCUT2D eigenvalue weighted by Gasteiger charge is -2.11. The van der Waals surface area contributed by atoms with Crippen LogP contribution >= 0.6 is 15.9 Å². The Morgan fingerprint density at radius 1 is 1.30 bits per heavy atom. The summed E-state index contributed by atoms with van der Waals surface area (Å²) in [5.74, 6) is -0.436. The summed E-state index contributed by atoms with van der Waals surface area (Å²) in [4.78, 5) is 24.1. The molecule has 6 nitrogen and oxygen atoms in total. The molecule has 0 atom stereocenters. The summed E-state index contributed by atoms with van der Waals surface area (Å²) < 4.78 is 3.44. The number of aromatic nitrogens is 3. The highest BCUT2D eigenvalue weighted by molar-refractivity contribution is 9.10. The molecule has 0 fully saturated rings. The van der Waals surface area contributed by atoms with E-state index < -0.39 is 5.91 Å². The Kier molecular flexibility index (Phi) is 3.80. The van der Waals surface area contributed by atoms with Gasteiger partial charge in [0.15, 0.2) is 5.69 Å². The minimum absolute atomic E-state index is 0.247. The smallest absolute Gasteiger partial charge is 0.271 e. The van der Waals surface area contributed by atoms with Crippen LogP contribution in [0.1, 0.15) is 27.4 Å². The fraction of sp³-hybridized carbons (Fsp3) is 0.308. The molecular formula is C13H15BrN4O2. The molecule has 2 aromatic heterocycles. The van der Waals surface area contributed by atoms with E-state index in [1.54, 1.807) is 18.7 Å². The molecule has 0 saturated heterocycles. The van der Waals surface area contributed by atoms with Crippen molar-refractivity contribution >= 4 is 21.8 Å². The van der Waals surface area contributed by atoms with Gasteiger partial charge in [-0.1, -0.05) is 0 Å². The Hall–Kier alpha value is -1.89. The van der Waals surface area contributed by atoms with Gasteiger partial charge in [0.25, 0.3) is 11.5 Å². The molecule has 0 spiro atoms. The molecule has 0 aliphatic heterocycles. The van der Waals surface area contributed by atoms with Gasteiger partial charge in [-0.3, -0.25) is 19.7 Å². The van der Waals surface area contributed by atoms with Gasteiger partial charge >= 0.3 is 0 Å². The van der Waals surface area contributed by atoms with E-state index in [0.29, 0.717) is 10.2 Å². The van der Waals surface area contributed by atoms with Crippen LogP contribution in [-0.4, -0.2) is 20.4 Å². The second kappa shape index (κ2) is 5.24. The maximum Gasteiger partial charge on any atom is 0.291 e. The number of hydrogen-bond acceptors (Lipinski definition) is 3. The average molecular weight is 339 g/mol. The van der Waals surface area contributed by atoms with E-state index in [0.717, 1.165) is 11.3 Å². The predicted molar refractivity (Wildman–Crippen MR) is 79.5 cm³/mol. The van der Waals surface area contributed by atoms with Crippen molar-refractivity contribution in [3.63, 3.8) is 0 Å². The first-order valence-corrected chi connectivity index (χ1v) is 6.81. The molecule has 0 aliphatic carbocycles. The van der Waals surface area contributed by atoms with Crippen molar-refractivity contribution in [1.82, 2.24) is 14.5 Å². The highest BCUT2D eigenvalue weighted by Gasteiger charge is 2.18. The van der Waals surface area contributed by atoms with Gasteiger partial charge in [0.05, 0.1) is 10.2 Å². The van der Waals surface area contributed by atoms with Crippen LogP contribution in [0.2, 0.25) is 0 Å². The van der Waals surface area contributed by atoms with Crippen molar-refractivity contribution in [3.8, 4) is 0 Å². The molecule has 2 aromatic rings. The van der Waals surface area contributed by atoms with Gasteiger partial charge in [-0.15, -0.1) is 0 Å². The molecule has 0 saturated carbocycles. The third-order valence-electron chi connectivity index (χ3n) is 3.05. The number of hydrogen-bond donors (Lipinski definition) is 1. The number of carbonyl (C=O) groups excluding carboxylic acids is 1. The van der Waals surface area contributed by atoms with Gasteiger partial charge in [-0.05, 0) is 48.3 Å². The molecule has 106 valence electrons. The van der Waals surface area contributed by atoms with Crippen LogP contribution in [0.5, 0.6) is 0 Å². The van der Waals surface area contributed by atoms with Crippen LogP contribution in [0, 0.1) is 20.8 Å². The maximum atomic E-state index is 12.2. The summed E-state index contributed by atoms with van der Waals surface area (Å²) in [5, 5.41) is 4.13. The van der Waals surface area contributed by atoms with E-state index in [1.807, 2.05) is 19.9 Å². The van der Waals surface area contributed by atoms with Crippen molar-refractivity contribution < 1.29 is 4.79 Å². The first-order valence-electron chi connectivity index (χ1n) is 6.02. The summed E-state index contributed by atoms with van der Waals surface area (Å²) in [5.41, 5.74) is 4.88. The number of carbonyl (C=O) groups is 1. The van der Waals surface area contributed by atoms with Gasteiger partial charge in [-0.2, -0.15) is 5.10 Å². The molecule has 0 aromatic carbocycles. The summed E-state index contributed by atoms with van der Waals surface area (Å²) in [6, 6.07) is 3.28. The van der Waals surface area contributed by atoms with E-state index >= 15 is 0 Å². The Morgan fingerprint density at radius 2 is 1.95 bits per heavy atom. The predicted octanol–water partition coefficient (Wildman–Crippen LogP) is 1.65. The summed E-state index contributed by atoms with van der Waals surface area (Å²) in [7, 11) is 1.75. The minimum Gasteiger partial charge on any atom is -0.271 e. The fourth-order valence-corrected chi connectivity index (χ4v) is 2.41. The zero-order valence-corrected chi connectivity index (χ0v) is 13.3. The SMILES string of the molecule is Cc1cc(C)n(NC(=O)c2nn(C)c(C)c2Br)c(=O)c1. The number of pyridine rings is 1. The third-order valence-corrected chi connectivity index (χ3v) is 4.00. The van der Waals surface area contributed by atoms with Crippen LogP contribution < -0.4 is 11.0 Å². The molecular weight excluding hydrogens is 324 g/mol. The average Bonchev–Trinajstić information content (AvgIpc) is 2.61. The van der Waals surface area contributed by atoms with Crippen molar-refractivity contribution in [3.05, 3.63) is 49.6 Å². The number of amides is 1. The Balaban J connectivity index is 2.38. The fourth-order valence-electron chi connectivity index (χ4n) is 1.89. The van der Waals surface area contributed by atoms with Crippen LogP contribution in [0.4, 0.5) is 0 Å². The first-order chi connectivity index (χ1) is 9.31. The van der Waals surface area contributed by atoms with E-state index in [1.165, 1.54) is 10.7 Å². The molecule has 20 heavy (non-hydrogen) atoms. The third kappa shape index (κ3) is 2.53. The van der Waals surface area contributed by atoms with Crippen molar-refractivity contribution in [2.75, 3.05) is 5.43 Å². The minimum atomic E-state index is -0.436. The molecule has 2 rings (SSSR count). The molecule has 0 radical (unpaired) electrons. The molecule has 0 unspecified atom stereocenters. The molecule has 0 aliphatic rings. The lowest BCUT2D eigenvalue weighted by Crippen LogP contribution is -2.34. The second-order valence-electron chi connectivity index (χ2n) is 4.66. The monoisotopic (exact) mass is 338 g/mol. The lowest BCUT2D eigenvalue weighted by molar-refractivity contribution is 0.1000. The lowest BCUT2D eigenvalue weighted by atomic mass is 10.2. The molecule has 1 amide bonds. The first kappa shape index (κ1) is 14.5. The van der Waals surface area contributed by atoms with Gasteiger partial charge in [0.1, 0.15) is 0 Å². The van der Waals surface area contributed by atoms with E-state index in [-0.39, 0.29) is 11.3 Å². The van der Waals surface area contributed by atoms with Gasteiger partial charge in [-0.25, -0.2) is 4.68 Å². The molecule has 1 N–H and O–H groups in total. The van der Waals surface area contributed by atoms with Gasteiger partial charge in [0.2, 0.25) is 0 Å². The number of halogens is 1. The largest absolute Gasteiger partial charge is 0.291 e. The van der Waals surface area contributed by atoms with E-state index in [2.05, 4.69) is 26.5 Å². The normalized spacial score (nSPS) is 10.7. The number of nitrogens with one attached hydrogen (secondary N) is 1. The Labute approximate surface area is 124 Å². The highest BCUT2D eigenvalue weighted by atomic mass is 79.9. The van der Waals surface area contributed by atoms with Crippen LogP contribution in [0.15, 0.2) is 21.4 Å². The van der Waals surface area contributed by atoms with Crippen molar-refractivity contribution in [1.29, 1.82) is 0 Å². The van der Waals surface area contributed by atoms with Gasteiger partial charge < -0.3 is 0 Å². The standard InChI is InChI=1S/C13H15BrN4O2/c1-7-5-8(2)18(10(19)6-7)16-13(20)12-11(14)9(3)17(4)15-12/h5-6H,1-4H3,(H,16,20). The summed E-state index contributed by atoms with van der Waals surface area (Å²) >= 11 is 3.33. The number of aryl methyl sites for hydroxylation is 3. The zero-order chi connectivity index (χ0) is 15.0. The summed E-state index contributed by atoms with van der Waals surface area (Å²) in [6.45, 7) is 5.43.